The van der Waals surface area contributed by atoms with Crippen molar-refractivity contribution in [3.05, 3.63) is 34.9 Å². The number of imide groups is 1. The summed E-state index contributed by atoms with van der Waals surface area (Å²) in [5.74, 6) is 5.95. The summed E-state index contributed by atoms with van der Waals surface area (Å²) in [5, 5.41) is 5.50. The highest BCUT2D eigenvalue weighted by molar-refractivity contribution is 6.05. The first-order chi connectivity index (χ1) is 11.6. The van der Waals surface area contributed by atoms with Crippen LogP contribution in [0.4, 0.5) is 0 Å². The molecule has 2 N–H and O–H groups in total. The number of nitrogens with zero attached hydrogens (tertiary/aromatic N) is 1. The van der Waals surface area contributed by atoms with Crippen LogP contribution in [0.3, 0.4) is 0 Å². The molecule has 1 unspecified atom stereocenters. The van der Waals surface area contributed by atoms with E-state index in [1.807, 2.05) is 12.1 Å². The van der Waals surface area contributed by atoms with Gasteiger partial charge in [-0.15, -0.1) is 0 Å². The molecule has 122 valence electrons. The van der Waals surface area contributed by atoms with Crippen LogP contribution in [-0.2, 0) is 16.1 Å². The van der Waals surface area contributed by atoms with Gasteiger partial charge in [0, 0.05) is 43.1 Å². The number of benzene rings is 1. The highest BCUT2D eigenvalue weighted by Crippen LogP contribution is 2.29. The van der Waals surface area contributed by atoms with E-state index in [1.165, 1.54) is 0 Å². The lowest BCUT2D eigenvalue weighted by Crippen LogP contribution is -2.52. The van der Waals surface area contributed by atoms with Gasteiger partial charge in [0.15, 0.2) is 0 Å². The lowest BCUT2D eigenvalue weighted by Gasteiger charge is -2.29. The predicted molar refractivity (Wildman–Crippen MR) is 85.7 cm³/mol. The average Bonchev–Trinajstić information content (AvgIpc) is 2.84. The average molecular weight is 323 g/mol. The number of carbonyl (C=O) groups excluding carboxylic acids is 3. The second kappa shape index (κ2) is 5.77. The molecule has 3 heterocycles. The molecule has 0 saturated carbocycles. The van der Waals surface area contributed by atoms with Crippen molar-refractivity contribution in [1.29, 1.82) is 0 Å². The molecule has 1 aromatic rings. The van der Waals surface area contributed by atoms with Gasteiger partial charge < -0.3 is 10.2 Å². The maximum absolute atomic E-state index is 12.7. The van der Waals surface area contributed by atoms with E-state index < -0.39 is 6.04 Å². The van der Waals surface area contributed by atoms with Crippen LogP contribution in [0.25, 0.3) is 0 Å². The van der Waals surface area contributed by atoms with Crippen molar-refractivity contribution in [3.8, 4) is 11.8 Å². The zero-order chi connectivity index (χ0) is 16.7. The number of fused-ring (bicyclic) bond motifs is 1. The number of nitrogens with one attached hydrogen (secondary N) is 2. The predicted octanol–water partition coefficient (Wildman–Crippen LogP) is 0.0185. The zero-order valence-corrected chi connectivity index (χ0v) is 13.1. The van der Waals surface area contributed by atoms with Crippen molar-refractivity contribution in [2.75, 3.05) is 13.1 Å². The summed E-state index contributed by atoms with van der Waals surface area (Å²) >= 11 is 0. The van der Waals surface area contributed by atoms with Crippen molar-refractivity contribution in [2.24, 2.45) is 5.92 Å². The van der Waals surface area contributed by atoms with Crippen LogP contribution >= 0.6 is 0 Å². The van der Waals surface area contributed by atoms with Crippen LogP contribution in [-0.4, -0.2) is 41.8 Å². The highest BCUT2D eigenvalue weighted by atomic mass is 16.2. The maximum Gasteiger partial charge on any atom is 0.255 e. The van der Waals surface area contributed by atoms with Crippen molar-refractivity contribution in [3.63, 3.8) is 0 Å². The Hall–Kier alpha value is -2.65. The third-order valence-corrected chi connectivity index (χ3v) is 4.77. The normalized spacial score (nSPS) is 23.2. The Morgan fingerprint density at radius 3 is 2.71 bits per heavy atom. The molecule has 2 saturated heterocycles. The fourth-order valence-corrected chi connectivity index (χ4v) is 3.27. The molecule has 0 aromatic heterocycles. The van der Waals surface area contributed by atoms with E-state index in [2.05, 4.69) is 22.5 Å². The minimum absolute atomic E-state index is 0.159. The molecular formula is C18H17N3O3. The Labute approximate surface area is 139 Å². The number of hydrogen-bond acceptors (Lipinski definition) is 4. The number of rotatable bonds is 1. The molecule has 6 nitrogen and oxygen atoms in total. The maximum atomic E-state index is 12.7. The highest BCUT2D eigenvalue weighted by Gasteiger charge is 2.39. The van der Waals surface area contributed by atoms with Crippen LogP contribution in [0.5, 0.6) is 0 Å². The molecule has 3 amide bonds. The van der Waals surface area contributed by atoms with E-state index in [4.69, 9.17) is 0 Å². The van der Waals surface area contributed by atoms with Gasteiger partial charge in [0.05, 0.1) is 0 Å². The standard InChI is InChI=1S/C18H17N3O3/c22-16-7-6-15(17(23)20-16)21-10-14-12(5-4-11-8-19-9-11)2-1-3-13(14)18(21)24/h1-3,11,15,19H,6-10H2,(H,20,22,23). The topological polar surface area (TPSA) is 78.5 Å². The quantitative estimate of drug-likeness (QED) is 0.564. The van der Waals surface area contributed by atoms with Gasteiger partial charge >= 0.3 is 0 Å². The molecule has 24 heavy (non-hydrogen) atoms. The Kier molecular flexibility index (Phi) is 3.58. The molecule has 1 aromatic carbocycles. The van der Waals surface area contributed by atoms with Gasteiger partial charge in [0.1, 0.15) is 6.04 Å². The SMILES string of the molecule is O=C1CCC(N2Cc3c(C#CC4CNC4)cccc3C2=O)C(=O)N1. The van der Waals surface area contributed by atoms with E-state index in [1.54, 1.807) is 11.0 Å². The van der Waals surface area contributed by atoms with Gasteiger partial charge in [-0.3, -0.25) is 19.7 Å². The largest absolute Gasteiger partial charge is 0.322 e. The van der Waals surface area contributed by atoms with Crippen molar-refractivity contribution in [1.82, 2.24) is 15.5 Å². The molecule has 6 heteroatoms. The van der Waals surface area contributed by atoms with Crippen LogP contribution in [0, 0.1) is 17.8 Å². The molecule has 1 atom stereocenters. The minimum atomic E-state index is -0.584. The van der Waals surface area contributed by atoms with Gasteiger partial charge in [-0.25, -0.2) is 0 Å². The van der Waals surface area contributed by atoms with Crippen LogP contribution in [0.2, 0.25) is 0 Å². The summed E-state index contributed by atoms with van der Waals surface area (Å²) < 4.78 is 0. The first-order valence-electron chi connectivity index (χ1n) is 8.12. The summed E-state index contributed by atoms with van der Waals surface area (Å²) in [6.07, 6.45) is 0.636. The minimum Gasteiger partial charge on any atom is -0.322 e. The van der Waals surface area contributed by atoms with E-state index in [0.717, 1.165) is 24.2 Å². The lowest BCUT2D eigenvalue weighted by atomic mass is 10.0. The van der Waals surface area contributed by atoms with E-state index in [9.17, 15) is 14.4 Å². The van der Waals surface area contributed by atoms with Gasteiger partial charge in [0.2, 0.25) is 11.8 Å². The van der Waals surface area contributed by atoms with Gasteiger partial charge in [-0.1, -0.05) is 17.9 Å². The van der Waals surface area contributed by atoms with E-state index in [-0.39, 0.29) is 24.1 Å². The summed E-state index contributed by atoms with van der Waals surface area (Å²) in [4.78, 5) is 37.6. The third-order valence-electron chi connectivity index (χ3n) is 4.77. The van der Waals surface area contributed by atoms with Crippen molar-refractivity contribution >= 4 is 17.7 Å². The van der Waals surface area contributed by atoms with E-state index in [0.29, 0.717) is 24.4 Å². The van der Waals surface area contributed by atoms with Crippen molar-refractivity contribution < 1.29 is 14.4 Å². The van der Waals surface area contributed by atoms with Crippen LogP contribution in [0.15, 0.2) is 18.2 Å². The molecule has 0 spiro atoms. The second-order valence-corrected chi connectivity index (χ2v) is 6.36. The molecule has 0 radical (unpaired) electrons. The Morgan fingerprint density at radius 1 is 1.17 bits per heavy atom. The Balaban J connectivity index is 1.60. The molecule has 4 rings (SSSR count). The third kappa shape index (κ3) is 2.47. The van der Waals surface area contributed by atoms with Crippen LogP contribution in [0.1, 0.15) is 34.3 Å². The first-order valence-corrected chi connectivity index (χ1v) is 8.12. The van der Waals surface area contributed by atoms with Crippen molar-refractivity contribution in [2.45, 2.75) is 25.4 Å². The number of carbonyl (C=O) groups is 3. The van der Waals surface area contributed by atoms with Crippen LogP contribution < -0.4 is 10.6 Å². The summed E-state index contributed by atoms with van der Waals surface area (Å²) in [6.45, 7) is 2.18. The first kappa shape index (κ1) is 14.9. The summed E-state index contributed by atoms with van der Waals surface area (Å²) in [5.41, 5.74) is 2.34. The second-order valence-electron chi connectivity index (χ2n) is 6.36. The Morgan fingerprint density at radius 2 is 2.00 bits per heavy atom. The summed E-state index contributed by atoms with van der Waals surface area (Å²) in [6, 6.07) is 4.94. The lowest BCUT2D eigenvalue weighted by molar-refractivity contribution is -0.136. The van der Waals surface area contributed by atoms with Gasteiger partial charge in [0.25, 0.3) is 5.91 Å². The molecule has 2 fully saturated rings. The van der Waals surface area contributed by atoms with Gasteiger partial charge in [-0.2, -0.15) is 0 Å². The number of piperidine rings is 1. The Bertz CT molecular complexity index is 801. The van der Waals surface area contributed by atoms with Gasteiger partial charge in [-0.05, 0) is 24.1 Å². The monoisotopic (exact) mass is 323 g/mol. The zero-order valence-electron chi connectivity index (χ0n) is 13.1. The fourth-order valence-electron chi connectivity index (χ4n) is 3.27. The van der Waals surface area contributed by atoms with E-state index >= 15 is 0 Å². The number of hydrogen-bond donors (Lipinski definition) is 2. The molecule has 0 aliphatic carbocycles. The smallest absolute Gasteiger partial charge is 0.255 e. The summed E-state index contributed by atoms with van der Waals surface area (Å²) in [7, 11) is 0. The molecule has 3 aliphatic heterocycles. The number of amides is 3. The fraction of sp³-hybridized carbons (Fsp3) is 0.389. The molecule has 3 aliphatic rings. The molecule has 0 bridgehead atoms. The molecular weight excluding hydrogens is 306 g/mol.